The zero-order valence-corrected chi connectivity index (χ0v) is 18.0. The van der Waals surface area contributed by atoms with Crippen molar-refractivity contribution in [3.63, 3.8) is 0 Å². The van der Waals surface area contributed by atoms with Crippen molar-refractivity contribution in [1.82, 2.24) is 9.80 Å². The summed E-state index contributed by atoms with van der Waals surface area (Å²) in [6, 6.07) is 7.87. The Bertz CT molecular complexity index is 775. The molecule has 3 aliphatic rings. The molecular weight excluding hydrogens is 378 g/mol. The van der Waals surface area contributed by atoms with E-state index in [1.807, 2.05) is 41.0 Å². The smallest absolute Gasteiger partial charge is 0.228 e. The van der Waals surface area contributed by atoms with Crippen molar-refractivity contribution in [1.29, 1.82) is 0 Å². The summed E-state index contributed by atoms with van der Waals surface area (Å²) in [6.07, 6.45) is 6.41. The molecule has 0 bridgehead atoms. The number of aryl methyl sites for hydroxylation is 1. The average Bonchev–Trinajstić information content (AvgIpc) is 2.97. The number of piperidine rings is 1. The van der Waals surface area contributed by atoms with Gasteiger partial charge >= 0.3 is 0 Å². The van der Waals surface area contributed by atoms with Crippen molar-refractivity contribution >= 4 is 23.4 Å². The second kappa shape index (κ2) is 9.19. The number of rotatable bonds is 3. The highest BCUT2D eigenvalue weighted by molar-refractivity contribution is 6.00. The SMILES string of the molecule is Cc1ccc(N2C[C@H](C(=O)N3CCC(C(=O)N4CCCCCC4)CC3)CC2=O)cc1. The Morgan fingerprint density at radius 2 is 1.37 bits per heavy atom. The van der Waals surface area contributed by atoms with E-state index in [0.29, 0.717) is 19.6 Å². The van der Waals surface area contributed by atoms with E-state index in [9.17, 15) is 14.4 Å². The number of anilines is 1. The fourth-order valence-corrected chi connectivity index (χ4v) is 5.00. The van der Waals surface area contributed by atoms with E-state index in [-0.39, 0.29) is 36.0 Å². The Labute approximate surface area is 179 Å². The molecule has 3 saturated heterocycles. The standard InChI is InChI=1S/C24H33N3O3/c1-18-6-8-21(9-7-18)27-17-20(16-22(27)28)24(30)26-14-10-19(11-15-26)23(29)25-12-4-2-3-5-13-25/h6-9,19-20H,2-5,10-17H2,1H3/t20-/m1/s1. The van der Waals surface area contributed by atoms with Crippen LogP contribution in [0.4, 0.5) is 5.69 Å². The minimum Gasteiger partial charge on any atom is -0.342 e. The third-order valence-corrected chi connectivity index (χ3v) is 6.89. The Hall–Kier alpha value is -2.37. The van der Waals surface area contributed by atoms with Crippen molar-refractivity contribution in [2.45, 2.75) is 51.9 Å². The normalized spacial score (nSPS) is 23.6. The second-order valence-corrected chi connectivity index (χ2v) is 9.08. The number of likely N-dealkylation sites (tertiary alicyclic amines) is 2. The van der Waals surface area contributed by atoms with Gasteiger partial charge in [0.25, 0.3) is 0 Å². The Balaban J connectivity index is 1.30. The molecule has 0 N–H and O–H groups in total. The number of hydrogen-bond donors (Lipinski definition) is 0. The molecule has 6 heteroatoms. The molecule has 3 amide bonds. The number of carbonyl (C=O) groups excluding carboxylic acids is 3. The molecule has 0 radical (unpaired) electrons. The molecule has 3 aliphatic heterocycles. The number of nitrogens with zero attached hydrogens (tertiary/aromatic N) is 3. The van der Waals surface area contributed by atoms with Gasteiger partial charge in [-0.25, -0.2) is 0 Å². The molecule has 3 heterocycles. The van der Waals surface area contributed by atoms with Crippen molar-refractivity contribution in [3.05, 3.63) is 29.8 Å². The maximum atomic E-state index is 13.1. The first-order chi connectivity index (χ1) is 14.5. The second-order valence-electron chi connectivity index (χ2n) is 9.08. The Kier molecular flexibility index (Phi) is 6.40. The van der Waals surface area contributed by atoms with Crippen LogP contribution in [-0.4, -0.2) is 60.2 Å². The van der Waals surface area contributed by atoms with E-state index in [1.165, 1.54) is 12.8 Å². The third-order valence-electron chi connectivity index (χ3n) is 6.89. The summed E-state index contributed by atoms with van der Waals surface area (Å²) in [4.78, 5) is 44.1. The molecule has 0 saturated carbocycles. The fraction of sp³-hybridized carbons (Fsp3) is 0.625. The van der Waals surface area contributed by atoms with Gasteiger partial charge in [-0.15, -0.1) is 0 Å². The minimum atomic E-state index is -0.281. The minimum absolute atomic E-state index is 0.0171. The molecule has 162 valence electrons. The maximum Gasteiger partial charge on any atom is 0.228 e. The van der Waals surface area contributed by atoms with E-state index in [0.717, 1.165) is 50.0 Å². The zero-order chi connectivity index (χ0) is 21.1. The summed E-state index contributed by atoms with van der Waals surface area (Å²) < 4.78 is 0. The van der Waals surface area contributed by atoms with Gasteiger partial charge in [0.05, 0.1) is 5.92 Å². The topological polar surface area (TPSA) is 60.9 Å². The van der Waals surface area contributed by atoms with Crippen molar-refractivity contribution in [2.75, 3.05) is 37.6 Å². The van der Waals surface area contributed by atoms with Crippen LogP contribution in [0.1, 0.15) is 50.5 Å². The van der Waals surface area contributed by atoms with Crippen LogP contribution in [0.5, 0.6) is 0 Å². The molecule has 30 heavy (non-hydrogen) atoms. The van der Waals surface area contributed by atoms with Crippen LogP contribution >= 0.6 is 0 Å². The predicted octanol–water partition coefficient (Wildman–Crippen LogP) is 2.99. The molecule has 0 aliphatic carbocycles. The van der Waals surface area contributed by atoms with E-state index < -0.39 is 0 Å². The molecule has 1 aromatic carbocycles. The van der Waals surface area contributed by atoms with Gasteiger partial charge in [0.2, 0.25) is 17.7 Å². The summed E-state index contributed by atoms with van der Waals surface area (Å²) in [5, 5.41) is 0. The summed E-state index contributed by atoms with van der Waals surface area (Å²) in [7, 11) is 0. The molecule has 1 atom stereocenters. The molecular formula is C24H33N3O3. The molecule has 4 rings (SSSR count). The van der Waals surface area contributed by atoms with Gasteiger partial charge in [0.15, 0.2) is 0 Å². The molecule has 0 aromatic heterocycles. The lowest BCUT2D eigenvalue weighted by Gasteiger charge is -2.35. The lowest BCUT2D eigenvalue weighted by atomic mass is 9.94. The van der Waals surface area contributed by atoms with E-state index >= 15 is 0 Å². The van der Waals surface area contributed by atoms with Crippen LogP contribution in [0, 0.1) is 18.8 Å². The van der Waals surface area contributed by atoms with Crippen LogP contribution < -0.4 is 4.90 Å². The fourth-order valence-electron chi connectivity index (χ4n) is 5.00. The van der Waals surface area contributed by atoms with Gasteiger partial charge in [-0.05, 0) is 44.7 Å². The summed E-state index contributed by atoms with van der Waals surface area (Å²) in [5.41, 5.74) is 2.01. The van der Waals surface area contributed by atoms with Crippen LogP contribution in [0.2, 0.25) is 0 Å². The summed E-state index contributed by atoms with van der Waals surface area (Å²) in [6.45, 7) is 5.49. The maximum absolute atomic E-state index is 13.1. The first-order valence-corrected chi connectivity index (χ1v) is 11.5. The largest absolute Gasteiger partial charge is 0.342 e. The monoisotopic (exact) mass is 411 g/mol. The van der Waals surface area contributed by atoms with E-state index in [1.54, 1.807) is 4.90 Å². The molecule has 6 nitrogen and oxygen atoms in total. The predicted molar refractivity (Wildman–Crippen MR) is 116 cm³/mol. The molecule has 0 spiro atoms. The van der Waals surface area contributed by atoms with Crippen molar-refractivity contribution in [3.8, 4) is 0 Å². The highest BCUT2D eigenvalue weighted by atomic mass is 16.2. The zero-order valence-electron chi connectivity index (χ0n) is 18.0. The highest BCUT2D eigenvalue weighted by Crippen LogP contribution is 2.29. The van der Waals surface area contributed by atoms with Gasteiger partial charge in [0.1, 0.15) is 0 Å². The van der Waals surface area contributed by atoms with Crippen molar-refractivity contribution in [2.24, 2.45) is 11.8 Å². The van der Waals surface area contributed by atoms with Crippen LogP contribution in [0.3, 0.4) is 0 Å². The van der Waals surface area contributed by atoms with Gasteiger partial charge in [0, 0.05) is 50.7 Å². The number of carbonyl (C=O) groups is 3. The molecule has 1 aromatic rings. The van der Waals surface area contributed by atoms with Crippen LogP contribution in [-0.2, 0) is 14.4 Å². The van der Waals surface area contributed by atoms with E-state index in [2.05, 4.69) is 0 Å². The lowest BCUT2D eigenvalue weighted by molar-refractivity contribution is -0.142. The van der Waals surface area contributed by atoms with E-state index in [4.69, 9.17) is 0 Å². The molecule has 3 fully saturated rings. The lowest BCUT2D eigenvalue weighted by Crippen LogP contribution is -2.46. The van der Waals surface area contributed by atoms with Gasteiger partial charge in [-0.3, -0.25) is 14.4 Å². The van der Waals surface area contributed by atoms with Crippen LogP contribution in [0.15, 0.2) is 24.3 Å². The van der Waals surface area contributed by atoms with Gasteiger partial charge < -0.3 is 14.7 Å². The first kappa shape index (κ1) is 20.9. The van der Waals surface area contributed by atoms with Crippen LogP contribution in [0.25, 0.3) is 0 Å². The van der Waals surface area contributed by atoms with Crippen molar-refractivity contribution < 1.29 is 14.4 Å². The average molecular weight is 412 g/mol. The van der Waals surface area contributed by atoms with Gasteiger partial charge in [-0.2, -0.15) is 0 Å². The third kappa shape index (κ3) is 4.52. The summed E-state index contributed by atoms with van der Waals surface area (Å²) in [5.74, 6) is 0.130. The number of hydrogen-bond acceptors (Lipinski definition) is 3. The number of amides is 3. The highest BCUT2D eigenvalue weighted by Gasteiger charge is 2.39. The Morgan fingerprint density at radius 3 is 2.00 bits per heavy atom. The summed E-state index contributed by atoms with van der Waals surface area (Å²) >= 11 is 0. The number of benzene rings is 1. The Morgan fingerprint density at radius 1 is 0.800 bits per heavy atom. The quantitative estimate of drug-likeness (QED) is 0.768. The first-order valence-electron chi connectivity index (χ1n) is 11.5. The molecule has 0 unspecified atom stereocenters. The van der Waals surface area contributed by atoms with Gasteiger partial charge in [-0.1, -0.05) is 30.5 Å².